The fraction of sp³-hybridized carbons (Fsp3) is 0.545. The van der Waals surface area contributed by atoms with Gasteiger partial charge in [-0.05, 0) is 76.1 Å². The molecular formula is C22H29N7. The molecule has 2 aliphatic heterocycles. The van der Waals surface area contributed by atoms with Crippen molar-refractivity contribution < 1.29 is 0 Å². The van der Waals surface area contributed by atoms with Gasteiger partial charge in [0.2, 0.25) is 0 Å². The third kappa shape index (κ3) is 4.16. The van der Waals surface area contributed by atoms with Crippen molar-refractivity contribution in [3.8, 4) is 11.3 Å². The fourth-order valence-corrected chi connectivity index (χ4v) is 4.61. The van der Waals surface area contributed by atoms with E-state index in [0.29, 0.717) is 5.92 Å². The topological polar surface area (TPSA) is 62.5 Å². The van der Waals surface area contributed by atoms with Gasteiger partial charge in [0, 0.05) is 37.0 Å². The number of nitrogens with zero attached hydrogens (tertiary/aromatic N) is 7. The van der Waals surface area contributed by atoms with Gasteiger partial charge in [0.15, 0.2) is 11.5 Å². The van der Waals surface area contributed by atoms with Gasteiger partial charge in [0.1, 0.15) is 0 Å². The monoisotopic (exact) mass is 391 g/mol. The van der Waals surface area contributed by atoms with Crippen LogP contribution in [0.3, 0.4) is 0 Å². The van der Waals surface area contributed by atoms with Crippen LogP contribution in [0.25, 0.3) is 16.9 Å². The number of hydrogen-bond donors (Lipinski definition) is 0. The maximum Gasteiger partial charge on any atom is 0.177 e. The zero-order valence-corrected chi connectivity index (χ0v) is 17.0. The van der Waals surface area contributed by atoms with E-state index in [-0.39, 0.29) is 0 Å². The third-order valence-electron chi connectivity index (χ3n) is 6.38. The molecule has 2 aliphatic rings. The van der Waals surface area contributed by atoms with Crippen LogP contribution in [0.5, 0.6) is 0 Å². The molecule has 29 heavy (non-hydrogen) atoms. The lowest BCUT2D eigenvalue weighted by molar-refractivity contribution is 0.157. The highest BCUT2D eigenvalue weighted by Crippen LogP contribution is 2.27. The molecule has 0 spiro atoms. The molecule has 2 saturated heterocycles. The van der Waals surface area contributed by atoms with Crippen molar-refractivity contribution in [2.45, 2.75) is 38.0 Å². The molecule has 0 aromatic carbocycles. The molecule has 0 radical (unpaired) electrons. The average Bonchev–Trinajstić information content (AvgIpc) is 3.23. The number of piperidine rings is 2. The number of hydrogen-bond acceptors (Lipinski definition) is 6. The molecule has 7 heteroatoms. The van der Waals surface area contributed by atoms with E-state index >= 15 is 0 Å². The molecule has 0 aliphatic carbocycles. The molecule has 5 rings (SSSR count). The van der Waals surface area contributed by atoms with Gasteiger partial charge in [-0.3, -0.25) is 4.98 Å². The number of aromatic nitrogens is 5. The van der Waals surface area contributed by atoms with Gasteiger partial charge < -0.3 is 9.80 Å². The average molecular weight is 392 g/mol. The highest BCUT2D eigenvalue weighted by Gasteiger charge is 2.25. The van der Waals surface area contributed by atoms with Crippen LogP contribution in [0.1, 0.15) is 43.8 Å². The van der Waals surface area contributed by atoms with Crippen LogP contribution in [0.4, 0.5) is 0 Å². The zero-order valence-electron chi connectivity index (χ0n) is 17.0. The normalized spacial score (nSPS) is 19.7. The fourth-order valence-electron chi connectivity index (χ4n) is 4.61. The van der Waals surface area contributed by atoms with E-state index in [2.05, 4.69) is 25.0 Å². The van der Waals surface area contributed by atoms with E-state index in [1.54, 1.807) is 6.20 Å². The number of fused-ring (bicyclic) bond motifs is 1. The van der Waals surface area contributed by atoms with E-state index in [1.165, 1.54) is 45.4 Å². The Morgan fingerprint density at radius 3 is 2.41 bits per heavy atom. The van der Waals surface area contributed by atoms with Crippen LogP contribution in [-0.4, -0.2) is 73.9 Å². The number of pyridine rings is 1. The minimum Gasteiger partial charge on any atom is -0.302 e. The largest absolute Gasteiger partial charge is 0.302 e. The van der Waals surface area contributed by atoms with Gasteiger partial charge in [-0.2, -0.15) is 9.61 Å². The predicted molar refractivity (Wildman–Crippen MR) is 113 cm³/mol. The predicted octanol–water partition coefficient (Wildman–Crippen LogP) is 2.85. The Morgan fingerprint density at radius 2 is 1.66 bits per heavy atom. The van der Waals surface area contributed by atoms with Crippen molar-refractivity contribution in [2.75, 3.05) is 39.3 Å². The van der Waals surface area contributed by atoms with Gasteiger partial charge >= 0.3 is 0 Å². The van der Waals surface area contributed by atoms with Gasteiger partial charge in [0.25, 0.3) is 0 Å². The smallest absolute Gasteiger partial charge is 0.177 e. The highest BCUT2D eigenvalue weighted by atomic mass is 15.4. The Kier molecular flexibility index (Phi) is 5.49. The summed E-state index contributed by atoms with van der Waals surface area (Å²) in [5.74, 6) is 1.43. The minimum absolute atomic E-state index is 0.424. The van der Waals surface area contributed by atoms with E-state index in [0.717, 1.165) is 48.7 Å². The van der Waals surface area contributed by atoms with Crippen LogP contribution >= 0.6 is 0 Å². The summed E-state index contributed by atoms with van der Waals surface area (Å²) in [7, 11) is 0. The Hall–Kier alpha value is -2.38. The standard InChI is InChI=1S/C22H29N7/c1-2-11-27(12-3-1)15-16-28-13-8-18(9-14-28)22-25-24-21-7-6-20(26-29(21)22)19-5-4-10-23-17-19/h4-7,10,17-18H,1-3,8-9,11-16H2. The molecule has 152 valence electrons. The maximum atomic E-state index is 4.83. The lowest BCUT2D eigenvalue weighted by Crippen LogP contribution is -2.41. The molecule has 7 nitrogen and oxygen atoms in total. The van der Waals surface area contributed by atoms with Crippen molar-refractivity contribution in [1.29, 1.82) is 0 Å². The third-order valence-corrected chi connectivity index (χ3v) is 6.38. The van der Waals surface area contributed by atoms with E-state index in [9.17, 15) is 0 Å². The lowest BCUT2D eigenvalue weighted by atomic mass is 9.96. The van der Waals surface area contributed by atoms with Crippen LogP contribution in [0.15, 0.2) is 36.7 Å². The second-order valence-corrected chi connectivity index (χ2v) is 8.31. The number of rotatable bonds is 5. The van der Waals surface area contributed by atoms with Gasteiger partial charge in [0.05, 0.1) is 5.69 Å². The first-order valence-corrected chi connectivity index (χ1v) is 10.9. The first kappa shape index (κ1) is 18.6. The van der Waals surface area contributed by atoms with E-state index in [4.69, 9.17) is 5.10 Å². The Morgan fingerprint density at radius 1 is 0.862 bits per heavy atom. The van der Waals surface area contributed by atoms with Crippen molar-refractivity contribution >= 4 is 5.65 Å². The quantitative estimate of drug-likeness (QED) is 0.666. The van der Waals surface area contributed by atoms with Crippen molar-refractivity contribution in [3.05, 3.63) is 42.5 Å². The summed E-state index contributed by atoms with van der Waals surface area (Å²) < 4.78 is 1.94. The molecule has 0 atom stereocenters. The van der Waals surface area contributed by atoms with Gasteiger partial charge in [-0.1, -0.05) is 6.42 Å². The first-order valence-electron chi connectivity index (χ1n) is 10.9. The Bertz CT molecular complexity index is 925. The van der Waals surface area contributed by atoms with Gasteiger partial charge in [-0.25, -0.2) is 0 Å². The second-order valence-electron chi connectivity index (χ2n) is 8.31. The molecule has 3 aromatic heterocycles. The van der Waals surface area contributed by atoms with Gasteiger partial charge in [-0.15, -0.1) is 10.2 Å². The lowest BCUT2D eigenvalue weighted by Gasteiger charge is -2.34. The molecular weight excluding hydrogens is 362 g/mol. The SMILES string of the molecule is c1cncc(-c2ccc3nnc(C4CCN(CCN5CCCCC5)CC4)n3n2)c1. The molecule has 3 aromatic rings. The molecule has 0 N–H and O–H groups in total. The Labute approximate surface area is 171 Å². The van der Waals surface area contributed by atoms with E-state index in [1.807, 2.05) is 35.0 Å². The minimum atomic E-state index is 0.424. The van der Waals surface area contributed by atoms with Crippen molar-refractivity contribution in [3.63, 3.8) is 0 Å². The van der Waals surface area contributed by atoms with E-state index < -0.39 is 0 Å². The summed E-state index contributed by atoms with van der Waals surface area (Å²) in [4.78, 5) is 9.46. The molecule has 0 bridgehead atoms. The summed E-state index contributed by atoms with van der Waals surface area (Å²) in [6.07, 6.45) is 10.0. The molecule has 2 fully saturated rings. The van der Waals surface area contributed by atoms with Crippen molar-refractivity contribution in [1.82, 2.24) is 34.6 Å². The maximum absolute atomic E-state index is 4.83. The highest BCUT2D eigenvalue weighted by molar-refractivity contribution is 5.58. The second kappa shape index (κ2) is 8.55. The van der Waals surface area contributed by atoms with Crippen molar-refractivity contribution in [2.24, 2.45) is 0 Å². The summed E-state index contributed by atoms with van der Waals surface area (Å²) in [5.41, 5.74) is 2.74. The van der Waals surface area contributed by atoms with Crippen LogP contribution < -0.4 is 0 Å². The summed E-state index contributed by atoms with van der Waals surface area (Å²) in [6.45, 7) is 7.25. The summed E-state index contributed by atoms with van der Waals surface area (Å²) in [5, 5.41) is 13.7. The number of likely N-dealkylation sites (tertiary alicyclic amines) is 2. The zero-order chi connectivity index (χ0) is 19.5. The molecule has 0 saturated carbocycles. The summed E-state index contributed by atoms with van der Waals surface area (Å²) in [6, 6.07) is 7.97. The van der Waals surface area contributed by atoms with Crippen LogP contribution in [0, 0.1) is 0 Å². The summed E-state index contributed by atoms with van der Waals surface area (Å²) >= 11 is 0. The molecule has 0 amide bonds. The van der Waals surface area contributed by atoms with Crippen LogP contribution in [-0.2, 0) is 0 Å². The van der Waals surface area contributed by atoms with Crippen LogP contribution in [0.2, 0.25) is 0 Å². The Balaban J connectivity index is 1.24. The molecule has 0 unspecified atom stereocenters. The molecule has 5 heterocycles. The first-order chi connectivity index (χ1) is 14.4.